The summed E-state index contributed by atoms with van der Waals surface area (Å²) in [6.45, 7) is 1.75. The second-order valence-electron chi connectivity index (χ2n) is 5.77. The van der Waals surface area contributed by atoms with E-state index in [0.29, 0.717) is 12.2 Å². The van der Waals surface area contributed by atoms with E-state index >= 15 is 0 Å². The molecule has 23 heavy (non-hydrogen) atoms. The maximum Gasteiger partial charge on any atom is 0.293 e. The number of hydroxylamine groups is 2. The number of carbonyl (C=O) groups is 1. The van der Waals surface area contributed by atoms with Crippen molar-refractivity contribution >= 4 is 12.1 Å². The highest BCUT2D eigenvalue weighted by atomic mass is 16.5. The Morgan fingerprint density at radius 1 is 1.22 bits per heavy atom. The number of benzene rings is 1. The lowest BCUT2D eigenvalue weighted by Gasteiger charge is -2.23. The van der Waals surface area contributed by atoms with Gasteiger partial charge < -0.3 is 5.32 Å². The molecule has 1 amide bonds. The molecule has 0 radical (unpaired) electrons. The lowest BCUT2D eigenvalue weighted by atomic mass is 9.97. The zero-order chi connectivity index (χ0) is 16.1. The second kappa shape index (κ2) is 7.24. The first-order valence-corrected chi connectivity index (χ1v) is 7.96. The predicted octanol–water partition coefficient (Wildman–Crippen LogP) is 2.44. The summed E-state index contributed by atoms with van der Waals surface area (Å²) in [5.74, 6) is -0.403. The molecule has 0 saturated heterocycles. The number of hydrogen-bond donors (Lipinski definition) is 2. The van der Waals surface area contributed by atoms with Crippen molar-refractivity contribution in [3.63, 3.8) is 0 Å². The van der Waals surface area contributed by atoms with E-state index in [0.717, 1.165) is 42.0 Å². The normalized spacial score (nSPS) is 20.7. The molecule has 0 spiro atoms. The third kappa shape index (κ3) is 3.87. The van der Waals surface area contributed by atoms with Gasteiger partial charge in [0.15, 0.2) is 0 Å². The van der Waals surface area contributed by atoms with Crippen LogP contribution in [-0.2, 0) is 11.3 Å². The standard InChI is InChI=1S/C18H21N3O2/c22-18(21(23)13-14-5-2-1-3-6-14)17-11-15(8-10-20-17)16-7-4-9-19-12-16/h1-3,5-6,11-12,20,23H,4,7-10,13H2. The van der Waals surface area contributed by atoms with Crippen LogP contribution in [0, 0.1) is 0 Å². The molecular weight excluding hydrogens is 290 g/mol. The minimum atomic E-state index is -0.403. The molecule has 0 aromatic heterocycles. The van der Waals surface area contributed by atoms with Crippen molar-refractivity contribution in [3.05, 3.63) is 58.8 Å². The summed E-state index contributed by atoms with van der Waals surface area (Å²) in [4.78, 5) is 16.7. The van der Waals surface area contributed by atoms with Crippen molar-refractivity contribution in [2.24, 2.45) is 4.99 Å². The highest BCUT2D eigenvalue weighted by molar-refractivity contribution is 5.93. The predicted molar refractivity (Wildman–Crippen MR) is 89.1 cm³/mol. The molecule has 120 valence electrons. The van der Waals surface area contributed by atoms with Crippen molar-refractivity contribution in [2.75, 3.05) is 13.1 Å². The Kier molecular flexibility index (Phi) is 4.88. The van der Waals surface area contributed by atoms with Crippen LogP contribution in [0.5, 0.6) is 0 Å². The molecule has 0 fully saturated rings. The van der Waals surface area contributed by atoms with Crippen molar-refractivity contribution in [1.82, 2.24) is 10.4 Å². The molecule has 2 aliphatic heterocycles. The van der Waals surface area contributed by atoms with Crippen LogP contribution in [0.15, 0.2) is 58.2 Å². The topological polar surface area (TPSA) is 64.9 Å². The van der Waals surface area contributed by atoms with E-state index in [1.807, 2.05) is 42.6 Å². The van der Waals surface area contributed by atoms with Gasteiger partial charge in [0.05, 0.1) is 6.54 Å². The van der Waals surface area contributed by atoms with Gasteiger partial charge in [-0.25, -0.2) is 5.06 Å². The van der Waals surface area contributed by atoms with E-state index in [9.17, 15) is 10.0 Å². The van der Waals surface area contributed by atoms with Crippen LogP contribution < -0.4 is 5.32 Å². The Hall–Kier alpha value is -2.40. The molecule has 0 unspecified atom stereocenters. The molecule has 1 aromatic carbocycles. The molecule has 0 atom stereocenters. The van der Waals surface area contributed by atoms with E-state index < -0.39 is 5.91 Å². The lowest BCUT2D eigenvalue weighted by Crippen LogP contribution is -2.36. The average molecular weight is 311 g/mol. The van der Waals surface area contributed by atoms with Crippen molar-refractivity contribution < 1.29 is 10.0 Å². The SMILES string of the molecule is O=C(C1=CC(=C2C=NCCC2)CCN1)N(O)Cc1ccccc1. The fraction of sp³-hybridized carbons (Fsp3) is 0.333. The van der Waals surface area contributed by atoms with Crippen molar-refractivity contribution in [1.29, 1.82) is 0 Å². The molecule has 5 nitrogen and oxygen atoms in total. The first-order chi connectivity index (χ1) is 11.2. The van der Waals surface area contributed by atoms with Crippen LogP contribution in [0.2, 0.25) is 0 Å². The van der Waals surface area contributed by atoms with Gasteiger partial charge in [-0.3, -0.25) is 15.0 Å². The number of rotatable bonds is 3. The number of nitrogens with one attached hydrogen (secondary N) is 1. The zero-order valence-electron chi connectivity index (χ0n) is 13.0. The summed E-state index contributed by atoms with van der Waals surface area (Å²) >= 11 is 0. The van der Waals surface area contributed by atoms with E-state index in [2.05, 4.69) is 10.3 Å². The number of allylic oxidation sites excluding steroid dienone is 2. The maximum absolute atomic E-state index is 12.4. The van der Waals surface area contributed by atoms with Gasteiger partial charge in [0, 0.05) is 19.3 Å². The van der Waals surface area contributed by atoms with E-state index in [4.69, 9.17) is 0 Å². The highest BCUT2D eigenvalue weighted by Crippen LogP contribution is 2.21. The average Bonchev–Trinajstić information content (AvgIpc) is 2.63. The monoisotopic (exact) mass is 311 g/mol. The molecule has 2 heterocycles. The minimum Gasteiger partial charge on any atom is -0.380 e. The summed E-state index contributed by atoms with van der Waals surface area (Å²) in [5.41, 5.74) is 3.67. The Labute approximate surface area is 136 Å². The van der Waals surface area contributed by atoms with Crippen LogP contribution in [0.3, 0.4) is 0 Å². The summed E-state index contributed by atoms with van der Waals surface area (Å²) in [6.07, 6.45) is 6.71. The van der Waals surface area contributed by atoms with E-state index in [1.165, 1.54) is 5.57 Å². The van der Waals surface area contributed by atoms with Gasteiger partial charge in [-0.15, -0.1) is 0 Å². The minimum absolute atomic E-state index is 0.173. The van der Waals surface area contributed by atoms with Crippen LogP contribution in [0.25, 0.3) is 0 Å². The molecule has 3 rings (SSSR count). The van der Waals surface area contributed by atoms with Crippen LogP contribution in [0.4, 0.5) is 0 Å². The molecular formula is C18H21N3O2. The Morgan fingerprint density at radius 3 is 2.78 bits per heavy atom. The highest BCUT2D eigenvalue weighted by Gasteiger charge is 2.21. The number of hydrogen-bond acceptors (Lipinski definition) is 4. The molecule has 0 aliphatic carbocycles. The third-order valence-electron chi connectivity index (χ3n) is 4.06. The Bertz CT molecular complexity index is 662. The van der Waals surface area contributed by atoms with E-state index in [-0.39, 0.29) is 6.54 Å². The first kappa shape index (κ1) is 15.5. The largest absolute Gasteiger partial charge is 0.380 e. The first-order valence-electron chi connectivity index (χ1n) is 7.96. The van der Waals surface area contributed by atoms with Crippen LogP contribution in [-0.4, -0.2) is 35.5 Å². The smallest absolute Gasteiger partial charge is 0.293 e. The molecule has 1 aromatic rings. The maximum atomic E-state index is 12.4. The number of carbonyl (C=O) groups excluding carboxylic acids is 1. The molecule has 0 bridgehead atoms. The van der Waals surface area contributed by atoms with Gasteiger partial charge in [-0.2, -0.15) is 0 Å². The van der Waals surface area contributed by atoms with Gasteiger partial charge in [0.2, 0.25) is 0 Å². The summed E-state index contributed by atoms with van der Waals surface area (Å²) in [5, 5.41) is 13.9. The van der Waals surface area contributed by atoms with Crippen molar-refractivity contribution in [2.45, 2.75) is 25.8 Å². The number of nitrogens with zero attached hydrogens (tertiary/aromatic N) is 2. The summed E-state index contributed by atoms with van der Waals surface area (Å²) in [7, 11) is 0. The quantitative estimate of drug-likeness (QED) is 0.665. The second-order valence-corrected chi connectivity index (χ2v) is 5.77. The van der Waals surface area contributed by atoms with Crippen LogP contribution >= 0.6 is 0 Å². The van der Waals surface area contributed by atoms with Gasteiger partial charge in [0.25, 0.3) is 5.91 Å². The summed E-state index contributed by atoms with van der Waals surface area (Å²) < 4.78 is 0. The van der Waals surface area contributed by atoms with E-state index in [1.54, 1.807) is 0 Å². The third-order valence-corrected chi connectivity index (χ3v) is 4.06. The van der Waals surface area contributed by atoms with Gasteiger partial charge >= 0.3 is 0 Å². The summed E-state index contributed by atoms with van der Waals surface area (Å²) in [6, 6.07) is 9.44. The number of amides is 1. The zero-order valence-corrected chi connectivity index (χ0v) is 13.0. The molecule has 5 heteroatoms. The van der Waals surface area contributed by atoms with Gasteiger partial charge in [-0.1, -0.05) is 30.3 Å². The fourth-order valence-corrected chi connectivity index (χ4v) is 2.83. The van der Waals surface area contributed by atoms with Crippen LogP contribution in [0.1, 0.15) is 24.8 Å². The lowest BCUT2D eigenvalue weighted by molar-refractivity contribution is -0.163. The molecule has 2 aliphatic rings. The fourth-order valence-electron chi connectivity index (χ4n) is 2.83. The van der Waals surface area contributed by atoms with Crippen molar-refractivity contribution in [3.8, 4) is 0 Å². The molecule has 2 N–H and O–H groups in total. The molecule has 0 saturated carbocycles. The van der Waals surface area contributed by atoms with Gasteiger partial charge in [-0.05, 0) is 42.0 Å². The Balaban J connectivity index is 1.74. The number of aliphatic imine (C=N–C) groups is 1. The van der Waals surface area contributed by atoms with Gasteiger partial charge in [0.1, 0.15) is 5.70 Å². The Morgan fingerprint density at radius 2 is 2.04 bits per heavy atom.